The van der Waals surface area contributed by atoms with Crippen LogP contribution in [-0.4, -0.2) is 23.7 Å². The van der Waals surface area contributed by atoms with Gasteiger partial charge in [0.05, 0.1) is 0 Å². The fraction of sp³-hybridized carbons (Fsp3) is 0.909. The number of rotatable bonds is 2. The van der Waals surface area contributed by atoms with Gasteiger partial charge in [0, 0.05) is 6.04 Å². The van der Waals surface area contributed by atoms with Crippen molar-refractivity contribution in [3.05, 3.63) is 0 Å². The average molecular weight is 199 g/mol. The molecule has 1 fully saturated rings. The molecule has 2 atom stereocenters. The zero-order valence-electron chi connectivity index (χ0n) is 9.59. The molecule has 1 rings (SSSR count). The SMILES string of the molecule is CCC1CC[C@@H](C(=O)OC(C)(C)C)N1. The predicted molar refractivity (Wildman–Crippen MR) is 56.1 cm³/mol. The van der Waals surface area contributed by atoms with E-state index in [1.165, 1.54) is 0 Å². The second-order valence-electron chi connectivity index (χ2n) is 4.94. The summed E-state index contributed by atoms with van der Waals surface area (Å²) in [4.78, 5) is 11.6. The van der Waals surface area contributed by atoms with E-state index in [2.05, 4.69) is 12.2 Å². The standard InChI is InChI=1S/C11H21NO2/c1-5-8-6-7-9(12-8)10(13)14-11(2,3)4/h8-9,12H,5-7H2,1-4H3/t8?,9-/m0/s1. The van der Waals surface area contributed by atoms with Crippen LogP contribution < -0.4 is 5.32 Å². The Morgan fingerprint density at radius 2 is 2.07 bits per heavy atom. The lowest BCUT2D eigenvalue weighted by atomic mass is 10.1. The van der Waals surface area contributed by atoms with Gasteiger partial charge < -0.3 is 10.1 Å². The van der Waals surface area contributed by atoms with Crippen LogP contribution in [0.1, 0.15) is 47.0 Å². The highest BCUT2D eigenvalue weighted by Gasteiger charge is 2.31. The molecule has 0 aromatic rings. The Morgan fingerprint density at radius 3 is 2.50 bits per heavy atom. The van der Waals surface area contributed by atoms with Crippen molar-refractivity contribution in [2.75, 3.05) is 0 Å². The van der Waals surface area contributed by atoms with E-state index < -0.39 is 0 Å². The maximum absolute atomic E-state index is 11.6. The van der Waals surface area contributed by atoms with Gasteiger partial charge in [-0.25, -0.2) is 0 Å². The van der Waals surface area contributed by atoms with Gasteiger partial charge in [-0.3, -0.25) is 4.79 Å². The maximum atomic E-state index is 11.6. The topological polar surface area (TPSA) is 38.3 Å². The number of carbonyl (C=O) groups is 1. The fourth-order valence-electron chi connectivity index (χ4n) is 1.70. The lowest BCUT2D eigenvalue weighted by Gasteiger charge is -2.22. The first kappa shape index (κ1) is 11.5. The Bertz CT molecular complexity index is 208. The van der Waals surface area contributed by atoms with Crippen molar-refractivity contribution >= 4 is 5.97 Å². The molecule has 3 heteroatoms. The maximum Gasteiger partial charge on any atom is 0.323 e. The lowest BCUT2D eigenvalue weighted by Crippen LogP contribution is -2.39. The summed E-state index contributed by atoms with van der Waals surface area (Å²) in [5.74, 6) is -0.103. The lowest BCUT2D eigenvalue weighted by molar-refractivity contribution is -0.157. The van der Waals surface area contributed by atoms with E-state index in [0.29, 0.717) is 6.04 Å². The molecule has 0 aliphatic carbocycles. The van der Waals surface area contributed by atoms with Crippen molar-refractivity contribution in [2.24, 2.45) is 0 Å². The summed E-state index contributed by atoms with van der Waals surface area (Å²) >= 11 is 0. The van der Waals surface area contributed by atoms with Crippen LogP contribution in [0.5, 0.6) is 0 Å². The normalized spacial score (nSPS) is 27.7. The van der Waals surface area contributed by atoms with Crippen LogP contribution in [0.4, 0.5) is 0 Å². The minimum atomic E-state index is -0.372. The van der Waals surface area contributed by atoms with Crippen LogP contribution in [0, 0.1) is 0 Å². The second kappa shape index (κ2) is 4.30. The monoisotopic (exact) mass is 199 g/mol. The molecule has 0 amide bonds. The van der Waals surface area contributed by atoms with Crippen molar-refractivity contribution in [3.8, 4) is 0 Å². The van der Waals surface area contributed by atoms with E-state index in [0.717, 1.165) is 19.3 Å². The minimum absolute atomic E-state index is 0.0841. The van der Waals surface area contributed by atoms with Gasteiger partial charge in [-0.1, -0.05) is 6.92 Å². The molecule has 82 valence electrons. The molecule has 0 saturated carbocycles. The Balaban J connectivity index is 2.40. The van der Waals surface area contributed by atoms with Crippen LogP contribution in [0.2, 0.25) is 0 Å². The number of hydrogen-bond acceptors (Lipinski definition) is 3. The Hall–Kier alpha value is -0.570. The van der Waals surface area contributed by atoms with E-state index in [1.807, 2.05) is 20.8 Å². The van der Waals surface area contributed by atoms with Crippen LogP contribution >= 0.6 is 0 Å². The third-order valence-electron chi connectivity index (χ3n) is 2.42. The number of carbonyl (C=O) groups excluding carboxylic acids is 1. The smallest absolute Gasteiger partial charge is 0.323 e. The van der Waals surface area contributed by atoms with Gasteiger partial charge in [-0.05, 0) is 40.0 Å². The summed E-state index contributed by atoms with van der Waals surface area (Å²) in [7, 11) is 0. The van der Waals surface area contributed by atoms with Crippen LogP contribution in [0.3, 0.4) is 0 Å². The molecule has 1 aliphatic heterocycles. The largest absolute Gasteiger partial charge is 0.459 e. The summed E-state index contributed by atoms with van der Waals surface area (Å²) in [6, 6.07) is 0.409. The number of esters is 1. The molecule has 14 heavy (non-hydrogen) atoms. The van der Waals surface area contributed by atoms with Crippen LogP contribution in [0.25, 0.3) is 0 Å². The Labute approximate surface area is 86.2 Å². The van der Waals surface area contributed by atoms with Gasteiger partial charge in [0.15, 0.2) is 0 Å². The van der Waals surface area contributed by atoms with Crippen LogP contribution in [-0.2, 0) is 9.53 Å². The fourth-order valence-corrected chi connectivity index (χ4v) is 1.70. The molecule has 3 nitrogen and oxygen atoms in total. The van der Waals surface area contributed by atoms with E-state index in [9.17, 15) is 4.79 Å². The van der Waals surface area contributed by atoms with Gasteiger partial charge in [0.1, 0.15) is 11.6 Å². The summed E-state index contributed by atoms with van der Waals surface area (Å²) in [5, 5.41) is 3.29. The Morgan fingerprint density at radius 1 is 1.43 bits per heavy atom. The molecule has 0 aromatic carbocycles. The summed E-state index contributed by atoms with van der Waals surface area (Å²) in [6.07, 6.45) is 3.08. The molecular formula is C11H21NO2. The highest BCUT2D eigenvalue weighted by molar-refractivity contribution is 5.76. The minimum Gasteiger partial charge on any atom is -0.459 e. The molecule has 1 N–H and O–H groups in total. The molecule has 1 heterocycles. The average Bonchev–Trinajstić information content (AvgIpc) is 2.48. The second-order valence-corrected chi connectivity index (χ2v) is 4.94. The van der Waals surface area contributed by atoms with Crippen molar-refractivity contribution in [2.45, 2.75) is 64.6 Å². The highest BCUT2D eigenvalue weighted by Crippen LogP contribution is 2.18. The van der Waals surface area contributed by atoms with Gasteiger partial charge in [-0.15, -0.1) is 0 Å². The Kier molecular flexibility index (Phi) is 3.53. The van der Waals surface area contributed by atoms with Gasteiger partial charge in [0.2, 0.25) is 0 Å². The number of hydrogen-bond donors (Lipinski definition) is 1. The molecule has 0 radical (unpaired) electrons. The molecule has 1 unspecified atom stereocenters. The first-order valence-electron chi connectivity index (χ1n) is 5.41. The quantitative estimate of drug-likeness (QED) is 0.690. The first-order chi connectivity index (χ1) is 6.42. The van der Waals surface area contributed by atoms with Crippen molar-refractivity contribution < 1.29 is 9.53 Å². The van der Waals surface area contributed by atoms with Crippen molar-refractivity contribution in [3.63, 3.8) is 0 Å². The zero-order chi connectivity index (χ0) is 10.8. The van der Waals surface area contributed by atoms with Crippen LogP contribution in [0.15, 0.2) is 0 Å². The highest BCUT2D eigenvalue weighted by atomic mass is 16.6. The third kappa shape index (κ3) is 3.29. The summed E-state index contributed by atoms with van der Waals surface area (Å²) < 4.78 is 5.31. The zero-order valence-corrected chi connectivity index (χ0v) is 9.59. The van der Waals surface area contributed by atoms with E-state index in [4.69, 9.17) is 4.74 Å². The van der Waals surface area contributed by atoms with Gasteiger partial charge >= 0.3 is 5.97 Å². The third-order valence-corrected chi connectivity index (χ3v) is 2.42. The first-order valence-corrected chi connectivity index (χ1v) is 5.41. The molecule has 1 saturated heterocycles. The predicted octanol–water partition coefficient (Wildman–Crippen LogP) is 1.86. The van der Waals surface area contributed by atoms with E-state index >= 15 is 0 Å². The molecular weight excluding hydrogens is 178 g/mol. The van der Waals surface area contributed by atoms with Gasteiger partial charge in [-0.2, -0.15) is 0 Å². The van der Waals surface area contributed by atoms with Crippen molar-refractivity contribution in [1.29, 1.82) is 0 Å². The summed E-state index contributed by atoms with van der Waals surface area (Å²) in [6.45, 7) is 7.83. The van der Waals surface area contributed by atoms with E-state index in [1.54, 1.807) is 0 Å². The molecule has 0 spiro atoms. The molecule has 0 bridgehead atoms. The number of nitrogens with one attached hydrogen (secondary N) is 1. The van der Waals surface area contributed by atoms with Gasteiger partial charge in [0.25, 0.3) is 0 Å². The molecule has 1 aliphatic rings. The van der Waals surface area contributed by atoms with Crippen molar-refractivity contribution in [1.82, 2.24) is 5.32 Å². The number of ether oxygens (including phenoxy) is 1. The van der Waals surface area contributed by atoms with E-state index in [-0.39, 0.29) is 17.6 Å². The molecule has 0 aromatic heterocycles. The summed E-state index contributed by atoms with van der Waals surface area (Å²) in [5.41, 5.74) is -0.372.